The number of aromatic hydroxyl groups is 2. The van der Waals surface area contributed by atoms with Crippen molar-refractivity contribution in [2.24, 2.45) is 20.5 Å². The molecule has 53 heavy (non-hydrogen) atoms. The zero-order chi connectivity index (χ0) is 36.1. The number of rotatable bonds is 8. The van der Waals surface area contributed by atoms with Crippen LogP contribution in [0.3, 0.4) is 0 Å². The van der Waals surface area contributed by atoms with Crippen molar-refractivity contribution < 1.29 is 36.2 Å². The quantitative estimate of drug-likeness (QED) is 0.0651. The molecular weight excluding hydrogens is 783 g/mol. The first-order valence-corrected chi connectivity index (χ1v) is 19.1. The summed E-state index contributed by atoms with van der Waals surface area (Å²) in [5.41, 5.74) is 3.97. The van der Waals surface area contributed by atoms with Crippen molar-refractivity contribution >= 4 is 145 Å². The minimum atomic E-state index is -4.43. The van der Waals surface area contributed by atoms with Crippen LogP contribution >= 0.6 is 22.7 Å². The summed E-state index contributed by atoms with van der Waals surface area (Å²) in [6.07, 6.45) is 0. The van der Waals surface area contributed by atoms with E-state index in [2.05, 4.69) is 25.4 Å². The van der Waals surface area contributed by atoms with E-state index in [9.17, 15) is 31.6 Å². The fourth-order valence-electron chi connectivity index (χ4n) is 4.99. The summed E-state index contributed by atoms with van der Waals surface area (Å²) in [5.74, 6) is -0.725. The van der Waals surface area contributed by atoms with Crippen molar-refractivity contribution in [3.05, 3.63) is 96.6 Å². The van der Waals surface area contributed by atoms with Crippen molar-refractivity contribution in [2.75, 3.05) is 0 Å². The number of thiazole rings is 2. The van der Waals surface area contributed by atoms with Gasteiger partial charge in [-0.05, 0) is 85.3 Å². The monoisotopic (exact) mass is 804 g/mol. The molecule has 0 saturated heterocycles. The van der Waals surface area contributed by atoms with Crippen LogP contribution in [0.5, 0.6) is 11.5 Å². The molecule has 0 fully saturated rings. The van der Waals surface area contributed by atoms with Crippen molar-refractivity contribution in [1.29, 1.82) is 0 Å². The van der Waals surface area contributed by atoms with Gasteiger partial charge in [0.05, 0.1) is 36.7 Å². The first-order valence-electron chi connectivity index (χ1n) is 14.6. The van der Waals surface area contributed by atoms with Crippen LogP contribution in [-0.4, -0.2) is 105 Å². The molecule has 0 aliphatic rings. The van der Waals surface area contributed by atoms with Crippen LogP contribution in [0.25, 0.3) is 41.6 Å². The fourth-order valence-corrected chi connectivity index (χ4v) is 8.78. The minimum Gasteiger partial charge on any atom is -0.505 e. The fraction of sp³-hybridized carbons (Fsp3) is 0.0303. The molecule has 0 spiro atoms. The molecule has 0 atom stereocenters. The SMILES string of the molecule is Cc1ccc2nc(-c3ccc4nc(-c5ccc(N=Nc6cc(N=Nc7ccc(S(=O)(=O)O)cc7)c(O)cc6O)cc5)sc4c3)sc2c1S(=O)(=O)O.[Na].[Na]. The average Bonchev–Trinajstić information content (AvgIpc) is 3.71. The van der Waals surface area contributed by atoms with Crippen LogP contribution in [-0.2, 0) is 20.2 Å². The second-order valence-corrected chi connectivity index (χ2v) is 15.8. The molecule has 0 bridgehead atoms. The maximum absolute atomic E-state index is 12.1. The number of benzene rings is 5. The number of azo groups is 2. The molecule has 2 radical (unpaired) electrons. The van der Waals surface area contributed by atoms with Crippen molar-refractivity contribution in [2.45, 2.75) is 16.7 Å². The molecule has 258 valence electrons. The van der Waals surface area contributed by atoms with Crippen LogP contribution in [0.4, 0.5) is 22.7 Å². The number of hydrogen-bond acceptors (Lipinski definition) is 14. The van der Waals surface area contributed by atoms with E-state index >= 15 is 0 Å². The summed E-state index contributed by atoms with van der Waals surface area (Å²) < 4.78 is 66.8. The zero-order valence-corrected chi connectivity index (χ0v) is 35.2. The molecule has 2 heterocycles. The molecule has 14 nitrogen and oxygen atoms in total. The Morgan fingerprint density at radius 3 is 1.70 bits per heavy atom. The van der Waals surface area contributed by atoms with Crippen molar-refractivity contribution in [1.82, 2.24) is 9.97 Å². The third kappa shape index (κ3) is 8.91. The smallest absolute Gasteiger partial charge is 0.296 e. The van der Waals surface area contributed by atoms with E-state index in [0.29, 0.717) is 26.5 Å². The number of nitrogens with zero attached hydrogens (tertiary/aromatic N) is 6. The van der Waals surface area contributed by atoms with Crippen LogP contribution in [0, 0.1) is 6.92 Å². The predicted molar refractivity (Wildman–Crippen MR) is 204 cm³/mol. The molecule has 20 heteroatoms. The summed E-state index contributed by atoms with van der Waals surface area (Å²) in [6.45, 7) is 1.62. The number of aryl methyl sites for hydroxylation is 1. The molecule has 0 aliphatic carbocycles. The van der Waals surface area contributed by atoms with E-state index in [1.807, 2.05) is 30.3 Å². The van der Waals surface area contributed by atoms with Gasteiger partial charge < -0.3 is 10.2 Å². The summed E-state index contributed by atoms with van der Waals surface area (Å²) in [5, 5.41) is 38.1. The van der Waals surface area contributed by atoms with E-state index in [4.69, 9.17) is 9.54 Å². The second-order valence-electron chi connectivity index (χ2n) is 11.0. The summed E-state index contributed by atoms with van der Waals surface area (Å²) in [6, 6.07) is 23.4. The number of fused-ring (bicyclic) bond motifs is 2. The van der Waals surface area contributed by atoms with E-state index in [0.717, 1.165) is 44.6 Å². The minimum absolute atomic E-state index is 0. The van der Waals surface area contributed by atoms with Gasteiger partial charge in [-0.25, -0.2) is 9.97 Å². The van der Waals surface area contributed by atoms with Crippen LogP contribution in [0.15, 0.2) is 121 Å². The second kappa shape index (κ2) is 16.1. The van der Waals surface area contributed by atoms with E-state index in [1.165, 1.54) is 40.9 Å². The maximum Gasteiger partial charge on any atom is 0.296 e. The first kappa shape index (κ1) is 40.7. The number of hydrogen-bond donors (Lipinski definition) is 4. The van der Waals surface area contributed by atoms with E-state index in [-0.39, 0.29) is 97.5 Å². The summed E-state index contributed by atoms with van der Waals surface area (Å²) in [7, 11) is -8.79. The Morgan fingerprint density at radius 2 is 1.11 bits per heavy atom. The van der Waals surface area contributed by atoms with Crippen molar-refractivity contribution in [3.63, 3.8) is 0 Å². The topological polar surface area (TPSA) is 224 Å². The molecule has 4 N–H and O–H groups in total. The number of phenols is 2. The van der Waals surface area contributed by atoms with Gasteiger partial charge in [0, 0.05) is 82.4 Å². The maximum atomic E-state index is 12.1. The van der Waals surface area contributed by atoms with Gasteiger partial charge in [-0.15, -0.1) is 32.9 Å². The Morgan fingerprint density at radius 1 is 0.585 bits per heavy atom. The molecule has 0 amide bonds. The molecule has 7 rings (SSSR count). The summed E-state index contributed by atoms with van der Waals surface area (Å²) in [4.78, 5) is 8.92. The molecular formula is C33H22N6Na2O8S4. The van der Waals surface area contributed by atoms with Gasteiger partial charge in [-0.1, -0.05) is 6.07 Å². The van der Waals surface area contributed by atoms with Gasteiger partial charge in [0.25, 0.3) is 20.2 Å². The van der Waals surface area contributed by atoms with Crippen molar-refractivity contribution in [3.8, 4) is 32.6 Å². The standard InChI is InChI=1S/C33H22N6O8S4.2Na/c1-17-2-12-24-30(31(17)51(45,46)47)49-33(35-24)19-5-13-23-29(14-19)48-32(34-23)18-3-6-20(7-4-18)36-38-25-15-26(28(41)16-27(25)40)39-37-21-8-10-22(11-9-21)50(42,43)44;;/h2-16,40-41H,1H3,(H,42,43,44)(H,45,46,47);;. The Bertz CT molecular complexity index is 2790. The molecule has 0 unspecified atom stereocenters. The Kier molecular flexibility index (Phi) is 12.3. The Hall–Kier alpha value is -3.50. The Balaban J connectivity index is 0.00000271. The van der Waals surface area contributed by atoms with Crippen LogP contribution in [0.1, 0.15) is 5.56 Å². The average molecular weight is 805 g/mol. The van der Waals surface area contributed by atoms with Gasteiger partial charge in [-0.3, -0.25) is 9.11 Å². The predicted octanol–water partition coefficient (Wildman–Crippen LogP) is 8.52. The summed E-state index contributed by atoms with van der Waals surface area (Å²) >= 11 is 2.66. The molecule has 2 aromatic heterocycles. The molecule has 5 aromatic carbocycles. The molecule has 0 aliphatic heterocycles. The third-order valence-electron chi connectivity index (χ3n) is 7.47. The normalized spacial score (nSPS) is 12.1. The van der Waals surface area contributed by atoms with Gasteiger partial charge in [0.1, 0.15) is 37.8 Å². The molecule has 0 saturated carbocycles. The van der Waals surface area contributed by atoms with Gasteiger partial charge >= 0.3 is 0 Å². The van der Waals surface area contributed by atoms with Gasteiger partial charge in [0.15, 0.2) is 0 Å². The number of phenolic OH excluding ortho intramolecular Hbond substituents is 2. The number of aromatic nitrogens is 2. The van der Waals surface area contributed by atoms with Crippen LogP contribution < -0.4 is 0 Å². The zero-order valence-electron chi connectivity index (χ0n) is 27.9. The van der Waals surface area contributed by atoms with E-state index in [1.54, 1.807) is 31.2 Å². The van der Waals surface area contributed by atoms with Gasteiger partial charge in [-0.2, -0.15) is 27.1 Å². The largest absolute Gasteiger partial charge is 0.505 e. The molecule has 7 aromatic rings. The Labute approximate surface area is 354 Å². The third-order valence-corrected chi connectivity index (χ3v) is 11.7. The first-order chi connectivity index (χ1) is 24.2. The van der Waals surface area contributed by atoms with E-state index < -0.39 is 20.2 Å². The van der Waals surface area contributed by atoms with Gasteiger partial charge in [0.2, 0.25) is 0 Å². The van der Waals surface area contributed by atoms with Crippen LogP contribution in [0.2, 0.25) is 0 Å².